The maximum atomic E-state index is 11.0. The maximum absolute atomic E-state index is 11.0. The van der Waals surface area contributed by atoms with Crippen LogP contribution in [0.3, 0.4) is 0 Å². The zero-order chi connectivity index (χ0) is 17.0. The lowest BCUT2D eigenvalue weighted by atomic mass is 10.0. The van der Waals surface area contributed by atoms with E-state index >= 15 is 0 Å². The Morgan fingerprint density at radius 2 is 1.83 bits per heavy atom. The minimum Gasteiger partial charge on any atom is -0.488 e. The smallest absolute Gasteiger partial charge is 0.276 e. The molecule has 130 valence electrons. The Bertz CT molecular complexity index is 698. The largest absolute Gasteiger partial charge is 0.488 e. The maximum Gasteiger partial charge on any atom is 0.276 e. The third-order valence-electron chi connectivity index (χ3n) is 3.65. The standard InChI is InChI=1S/C17H20N2O4.ClH/c1-11-7-14(16(20)9-18)8-12(2)17(11)23-10-13-5-3-4-6-15(13)19(21)22;/h3-8,16,20H,9-10,18H2,1-2H3;1H. The van der Waals surface area contributed by atoms with Crippen LogP contribution in [0, 0.1) is 24.0 Å². The lowest BCUT2D eigenvalue weighted by molar-refractivity contribution is -0.385. The van der Waals surface area contributed by atoms with Crippen LogP contribution in [0.1, 0.15) is 28.4 Å². The van der Waals surface area contributed by atoms with Gasteiger partial charge in [0, 0.05) is 12.6 Å². The Labute approximate surface area is 146 Å². The van der Waals surface area contributed by atoms with Gasteiger partial charge in [0.2, 0.25) is 0 Å². The van der Waals surface area contributed by atoms with E-state index in [2.05, 4.69) is 0 Å². The minimum absolute atomic E-state index is 0. The molecule has 0 amide bonds. The van der Waals surface area contributed by atoms with Crippen molar-refractivity contribution in [3.8, 4) is 5.75 Å². The van der Waals surface area contributed by atoms with Crippen molar-refractivity contribution in [3.05, 3.63) is 68.8 Å². The normalized spacial score (nSPS) is 11.5. The summed E-state index contributed by atoms with van der Waals surface area (Å²) in [6, 6.07) is 10.1. The molecule has 0 heterocycles. The summed E-state index contributed by atoms with van der Waals surface area (Å²) in [7, 11) is 0. The molecule has 1 atom stereocenters. The van der Waals surface area contributed by atoms with Crippen LogP contribution in [0.4, 0.5) is 5.69 Å². The van der Waals surface area contributed by atoms with Crippen molar-refractivity contribution in [2.45, 2.75) is 26.6 Å². The summed E-state index contributed by atoms with van der Waals surface area (Å²) < 4.78 is 5.80. The number of nitrogens with two attached hydrogens (primary N) is 1. The van der Waals surface area contributed by atoms with Gasteiger partial charge in [0.05, 0.1) is 16.6 Å². The predicted octanol–water partition coefficient (Wildman–Crippen LogP) is 3.20. The number of rotatable bonds is 6. The second-order valence-electron chi connectivity index (χ2n) is 5.41. The number of hydrogen-bond donors (Lipinski definition) is 2. The van der Waals surface area contributed by atoms with Crippen molar-refractivity contribution in [1.82, 2.24) is 0 Å². The van der Waals surface area contributed by atoms with Crippen molar-refractivity contribution in [3.63, 3.8) is 0 Å². The number of nitrogens with zero attached hydrogens (tertiary/aromatic N) is 1. The first-order valence-corrected chi connectivity index (χ1v) is 7.28. The Morgan fingerprint density at radius 3 is 2.38 bits per heavy atom. The Balaban J connectivity index is 0.00000288. The topological polar surface area (TPSA) is 98.6 Å². The molecule has 24 heavy (non-hydrogen) atoms. The average molecular weight is 353 g/mol. The van der Waals surface area contributed by atoms with E-state index in [0.717, 1.165) is 16.7 Å². The molecular formula is C17H21ClN2O4. The van der Waals surface area contributed by atoms with Gasteiger partial charge in [0.15, 0.2) is 0 Å². The van der Waals surface area contributed by atoms with Crippen LogP contribution in [0.5, 0.6) is 5.75 Å². The zero-order valence-corrected chi connectivity index (χ0v) is 14.4. The van der Waals surface area contributed by atoms with E-state index in [1.54, 1.807) is 18.2 Å². The summed E-state index contributed by atoms with van der Waals surface area (Å²) in [5, 5.41) is 20.9. The van der Waals surface area contributed by atoms with Crippen molar-refractivity contribution in [1.29, 1.82) is 0 Å². The van der Waals surface area contributed by atoms with E-state index in [9.17, 15) is 15.2 Å². The van der Waals surface area contributed by atoms with Gasteiger partial charge in [-0.05, 0) is 48.7 Å². The van der Waals surface area contributed by atoms with Gasteiger partial charge < -0.3 is 15.6 Å². The number of nitro benzene ring substituents is 1. The summed E-state index contributed by atoms with van der Waals surface area (Å²) in [5.41, 5.74) is 8.48. The summed E-state index contributed by atoms with van der Waals surface area (Å²) in [4.78, 5) is 10.6. The third-order valence-corrected chi connectivity index (χ3v) is 3.65. The Hall–Kier alpha value is -2.15. The number of halogens is 1. The quantitative estimate of drug-likeness (QED) is 0.614. The molecular weight excluding hydrogens is 332 g/mol. The van der Waals surface area contributed by atoms with E-state index in [1.165, 1.54) is 6.07 Å². The molecule has 0 radical (unpaired) electrons. The lowest BCUT2D eigenvalue weighted by Gasteiger charge is -2.16. The van der Waals surface area contributed by atoms with E-state index in [4.69, 9.17) is 10.5 Å². The molecule has 0 aromatic heterocycles. The molecule has 0 aliphatic heterocycles. The summed E-state index contributed by atoms with van der Waals surface area (Å²) in [6.07, 6.45) is -0.711. The SMILES string of the molecule is Cc1cc(C(O)CN)cc(C)c1OCc1ccccc1[N+](=O)[O-].Cl. The van der Waals surface area contributed by atoms with Gasteiger partial charge >= 0.3 is 0 Å². The van der Waals surface area contributed by atoms with Crippen LogP contribution >= 0.6 is 12.4 Å². The molecule has 0 saturated carbocycles. The summed E-state index contributed by atoms with van der Waals surface area (Å²) in [5.74, 6) is 0.663. The van der Waals surface area contributed by atoms with E-state index < -0.39 is 11.0 Å². The van der Waals surface area contributed by atoms with Gasteiger partial charge in [-0.1, -0.05) is 12.1 Å². The van der Waals surface area contributed by atoms with Crippen molar-refractivity contribution in [2.75, 3.05) is 6.54 Å². The highest BCUT2D eigenvalue weighted by molar-refractivity contribution is 5.85. The summed E-state index contributed by atoms with van der Waals surface area (Å²) >= 11 is 0. The third kappa shape index (κ3) is 4.44. The number of hydrogen-bond acceptors (Lipinski definition) is 5. The van der Waals surface area contributed by atoms with E-state index in [1.807, 2.05) is 26.0 Å². The first-order chi connectivity index (χ1) is 10.9. The van der Waals surface area contributed by atoms with Crippen LogP contribution in [-0.2, 0) is 6.61 Å². The number of ether oxygens (including phenoxy) is 1. The van der Waals surface area contributed by atoms with Crippen LogP contribution < -0.4 is 10.5 Å². The molecule has 2 aromatic carbocycles. The highest BCUT2D eigenvalue weighted by atomic mass is 35.5. The molecule has 2 rings (SSSR count). The van der Waals surface area contributed by atoms with E-state index in [0.29, 0.717) is 11.3 Å². The van der Waals surface area contributed by atoms with Crippen LogP contribution in [0.15, 0.2) is 36.4 Å². The fourth-order valence-electron chi connectivity index (χ4n) is 2.50. The zero-order valence-electron chi connectivity index (χ0n) is 13.6. The van der Waals surface area contributed by atoms with Gasteiger partial charge in [-0.2, -0.15) is 0 Å². The molecule has 0 saturated heterocycles. The molecule has 1 unspecified atom stereocenters. The highest BCUT2D eigenvalue weighted by Gasteiger charge is 2.15. The predicted molar refractivity (Wildman–Crippen MR) is 94.6 cm³/mol. The fourth-order valence-corrected chi connectivity index (χ4v) is 2.50. The second-order valence-corrected chi connectivity index (χ2v) is 5.41. The van der Waals surface area contributed by atoms with Gasteiger partial charge in [-0.25, -0.2) is 0 Å². The monoisotopic (exact) mass is 352 g/mol. The van der Waals surface area contributed by atoms with Crippen molar-refractivity contribution < 1.29 is 14.8 Å². The number of aryl methyl sites for hydroxylation is 2. The minimum atomic E-state index is -0.711. The molecule has 3 N–H and O–H groups in total. The van der Waals surface area contributed by atoms with Crippen LogP contribution in [0.25, 0.3) is 0 Å². The molecule has 7 heteroatoms. The van der Waals surface area contributed by atoms with Gasteiger partial charge in [-0.15, -0.1) is 12.4 Å². The number of nitro groups is 1. The molecule has 0 aliphatic carbocycles. The highest BCUT2D eigenvalue weighted by Crippen LogP contribution is 2.29. The lowest BCUT2D eigenvalue weighted by Crippen LogP contribution is -2.12. The number of para-hydroxylation sites is 1. The van der Waals surface area contributed by atoms with Crippen LogP contribution in [-0.4, -0.2) is 16.6 Å². The van der Waals surface area contributed by atoms with Gasteiger partial charge in [0.25, 0.3) is 5.69 Å². The van der Waals surface area contributed by atoms with Crippen LogP contribution in [0.2, 0.25) is 0 Å². The molecule has 0 spiro atoms. The summed E-state index contributed by atoms with van der Waals surface area (Å²) in [6.45, 7) is 4.00. The van der Waals surface area contributed by atoms with Crippen molar-refractivity contribution in [2.24, 2.45) is 5.73 Å². The Kier molecular flexibility index (Phi) is 7.16. The van der Waals surface area contributed by atoms with Gasteiger partial charge in [0.1, 0.15) is 12.4 Å². The molecule has 0 aliphatic rings. The fraction of sp³-hybridized carbons (Fsp3) is 0.294. The molecule has 0 bridgehead atoms. The number of aliphatic hydroxyl groups excluding tert-OH is 1. The molecule has 6 nitrogen and oxygen atoms in total. The first-order valence-electron chi connectivity index (χ1n) is 7.28. The number of aliphatic hydroxyl groups is 1. The number of benzene rings is 2. The molecule has 0 fully saturated rings. The van der Waals surface area contributed by atoms with E-state index in [-0.39, 0.29) is 31.2 Å². The average Bonchev–Trinajstić information content (AvgIpc) is 2.53. The first kappa shape index (κ1) is 19.9. The van der Waals surface area contributed by atoms with Gasteiger partial charge in [-0.3, -0.25) is 10.1 Å². The second kappa shape index (κ2) is 8.63. The van der Waals surface area contributed by atoms with Crippen molar-refractivity contribution >= 4 is 18.1 Å². The Morgan fingerprint density at radius 1 is 1.25 bits per heavy atom. The molecule has 2 aromatic rings.